The lowest BCUT2D eigenvalue weighted by atomic mass is 9.86. The molecule has 0 unspecified atom stereocenters. The van der Waals surface area contributed by atoms with Crippen molar-refractivity contribution in [2.75, 3.05) is 0 Å². The molecule has 0 amide bonds. The number of aromatic hydroxyl groups is 4. The van der Waals surface area contributed by atoms with Crippen molar-refractivity contribution < 1.29 is 20.4 Å². The van der Waals surface area contributed by atoms with E-state index in [1.165, 1.54) is 12.1 Å². The fourth-order valence-electron chi connectivity index (χ4n) is 2.59. The van der Waals surface area contributed by atoms with E-state index in [1.54, 1.807) is 26.0 Å². The maximum absolute atomic E-state index is 10.3. The topological polar surface area (TPSA) is 80.9 Å². The van der Waals surface area contributed by atoms with Crippen LogP contribution in [-0.2, 0) is 0 Å². The fourth-order valence-corrected chi connectivity index (χ4v) is 2.59. The molecule has 2 aromatic carbocycles. The molecular formula is C17H20O4. The standard InChI is InChI=1S/C17H20O4/c1-4-11(12-5-7-14(18)9(2)16(12)20)13-6-8-15(19)10(3)17(13)21/h5-8,11,18-21H,4H2,1-3H3. The van der Waals surface area contributed by atoms with Crippen LogP contribution in [0.2, 0.25) is 0 Å². The molecule has 0 aromatic heterocycles. The molecule has 0 aliphatic rings. The number of hydrogen-bond donors (Lipinski definition) is 4. The Bertz CT molecular complexity index is 619. The first kappa shape index (κ1) is 15.0. The summed E-state index contributed by atoms with van der Waals surface area (Å²) >= 11 is 0. The zero-order chi connectivity index (χ0) is 15.7. The number of hydrogen-bond acceptors (Lipinski definition) is 4. The second-order valence-electron chi connectivity index (χ2n) is 5.26. The highest BCUT2D eigenvalue weighted by molar-refractivity contribution is 5.56. The van der Waals surface area contributed by atoms with Crippen molar-refractivity contribution >= 4 is 0 Å². The SMILES string of the molecule is CCC(c1ccc(O)c(C)c1O)c1ccc(O)c(C)c1O. The molecule has 0 spiro atoms. The third kappa shape index (κ3) is 2.49. The van der Waals surface area contributed by atoms with Crippen molar-refractivity contribution in [3.63, 3.8) is 0 Å². The lowest BCUT2D eigenvalue weighted by Crippen LogP contribution is -2.02. The van der Waals surface area contributed by atoms with Crippen LogP contribution < -0.4 is 0 Å². The molecule has 0 atom stereocenters. The molecular weight excluding hydrogens is 268 g/mol. The van der Waals surface area contributed by atoms with E-state index in [2.05, 4.69) is 0 Å². The number of benzene rings is 2. The number of phenolic OH excluding ortho intramolecular Hbond substituents is 4. The molecule has 4 N–H and O–H groups in total. The van der Waals surface area contributed by atoms with E-state index in [1.807, 2.05) is 6.92 Å². The van der Waals surface area contributed by atoms with Gasteiger partial charge < -0.3 is 20.4 Å². The van der Waals surface area contributed by atoms with Crippen LogP contribution in [-0.4, -0.2) is 20.4 Å². The summed E-state index contributed by atoms with van der Waals surface area (Å²) in [6.45, 7) is 5.24. The molecule has 0 saturated carbocycles. The van der Waals surface area contributed by atoms with E-state index in [0.29, 0.717) is 28.7 Å². The first-order valence-electron chi connectivity index (χ1n) is 6.91. The molecule has 0 saturated heterocycles. The quantitative estimate of drug-likeness (QED) is 0.694. The predicted octanol–water partition coefficient (Wildman–Crippen LogP) is 3.67. The van der Waals surface area contributed by atoms with Gasteiger partial charge in [-0.1, -0.05) is 19.1 Å². The Labute approximate surface area is 123 Å². The number of phenols is 4. The molecule has 112 valence electrons. The van der Waals surface area contributed by atoms with Crippen LogP contribution >= 0.6 is 0 Å². The highest BCUT2D eigenvalue weighted by atomic mass is 16.3. The van der Waals surface area contributed by atoms with Crippen molar-refractivity contribution in [2.24, 2.45) is 0 Å². The fraction of sp³-hybridized carbons (Fsp3) is 0.294. The summed E-state index contributed by atoms with van der Waals surface area (Å²) in [6, 6.07) is 6.40. The average molecular weight is 288 g/mol. The Morgan fingerprint density at radius 1 is 0.762 bits per heavy atom. The molecule has 0 fully saturated rings. The van der Waals surface area contributed by atoms with E-state index in [0.717, 1.165) is 0 Å². The molecule has 2 aromatic rings. The van der Waals surface area contributed by atoms with Gasteiger partial charge in [0.1, 0.15) is 23.0 Å². The van der Waals surface area contributed by atoms with E-state index < -0.39 is 0 Å². The van der Waals surface area contributed by atoms with Gasteiger partial charge in [0.15, 0.2) is 0 Å². The monoisotopic (exact) mass is 288 g/mol. The van der Waals surface area contributed by atoms with Crippen LogP contribution in [0.5, 0.6) is 23.0 Å². The third-order valence-corrected chi connectivity index (χ3v) is 4.03. The molecule has 21 heavy (non-hydrogen) atoms. The molecule has 0 heterocycles. The predicted molar refractivity (Wildman–Crippen MR) is 81.2 cm³/mol. The normalized spacial score (nSPS) is 11.0. The lowest BCUT2D eigenvalue weighted by Gasteiger charge is -2.21. The van der Waals surface area contributed by atoms with E-state index in [9.17, 15) is 20.4 Å². The minimum Gasteiger partial charge on any atom is -0.508 e. The van der Waals surface area contributed by atoms with Gasteiger partial charge in [-0.15, -0.1) is 0 Å². The van der Waals surface area contributed by atoms with Crippen molar-refractivity contribution in [1.82, 2.24) is 0 Å². The minimum absolute atomic E-state index is 0.0342. The molecule has 0 bridgehead atoms. The van der Waals surface area contributed by atoms with Crippen LogP contribution in [0.3, 0.4) is 0 Å². The Morgan fingerprint density at radius 3 is 1.48 bits per heavy atom. The zero-order valence-electron chi connectivity index (χ0n) is 12.4. The van der Waals surface area contributed by atoms with E-state index >= 15 is 0 Å². The zero-order valence-corrected chi connectivity index (χ0v) is 12.4. The van der Waals surface area contributed by atoms with Crippen LogP contribution in [0.4, 0.5) is 0 Å². The van der Waals surface area contributed by atoms with Gasteiger partial charge in [0.2, 0.25) is 0 Å². The summed E-state index contributed by atoms with van der Waals surface area (Å²) in [7, 11) is 0. The van der Waals surface area contributed by atoms with E-state index in [-0.39, 0.29) is 28.9 Å². The third-order valence-electron chi connectivity index (χ3n) is 4.03. The smallest absolute Gasteiger partial charge is 0.125 e. The Hall–Kier alpha value is -2.36. The molecule has 0 radical (unpaired) electrons. The van der Waals surface area contributed by atoms with E-state index in [4.69, 9.17) is 0 Å². The lowest BCUT2D eigenvalue weighted by molar-refractivity contribution is 0.428. The first-order valence-corrected chi connectivity index (χ1v) is 6.91. The number of rotatable bonds is 3. The van der Waals surface area contributed by atoms with Crippen molar-refractivity contribution in [3.8, 4) is 23.0 Å². The van der Waals surface area contributed by atoms with Crippen LogP contribution in [0.1, 0.15) is 41.5 Å². The largest absolute Gasteiger partial charge is 0.508 e. The van der Waals surface area contributed by atoms with Crippen molar-refractivity contribution in [1.29, 1.82) is 0 Å². The Morgan fingerprint density at radius 2 is 1.14 bits per heavy atom. The molecule has 4 nitrogen and oxygen atoms in total. The molecule has 2 rings (SSSR count). The molecule has 0 aliphatic heterocycles. The summed E-state index contributed by atoms with van der Waals surface area (Å²) in [5.41, 5.74) is 2.13. The summed E-state index contributed by atoms with van der Waals surface area (Å²) in [6.07, 6.45) is 0.662. The summed E-state index contributed by atoms with van der Waals surface area (Å²) < 4.78 is 0. The molecule has 4 heteroatoms. The van der Waals surface area contributed by atoms with Crippen molar-refractivity contribution in [3.05, 3.63) is 46.5 Å². The Kier molecular flexibility index (Phi) is 3.98. The average Bonchev–Trinajstić information content (AvgIpc) is 2.47. The van der Waals surface area contributed by atoms with Gasteiger partial charge in [-0.2, -0.15) is 0 Å². The van der Waals surface area contributed by atoms with Gasteiger partial charge in [-0.25, -0.2) is 0 Å². The summed E-state index contributed by atoms with van der Waals surface area (Å²) in [4.78, 5) is 0. The first-order chi connectivity index (χ1) is 9.88. The summed E-state index contributed by atoms with van der Waals surface area (Å²) in [5, 5.41) is 39.8. The maximum atomic E-state index is 10.3. The highest BCUT2D eigenvalue weighted by Crippen LogP contribution is 2.43. The second-order valence-corrected chi connectivity index (χ2v) is 5.26. The van der Waals surface area contributed by atoms with Gasteiger partial charge >= 0.3 is 0 Å². The van der Waals surface area contributed by atoms with Crippen LogP contribution in [0.15, 0.2) is 24.3 Å². The van der Waals surface area contributed by atoms with Gasteiger partial charge in [-0.3, -0.25) is 0 Å². The minimum atomic E-state index is -0.219. The molecule has 0 aliphatic carbocycles. The van der Waals surface area contributed by atoms with Gasteiger partial charge in [0.25, 0.3) is 0 Å². The highest BCUT2D eigenvalue weighted by Gasteiger charge is 2.22. The summed E-state index contributed by atoms with van der Waals surface area (Å²) in [5.74, 6) is -0.0722. The van der Waals surface area contributed by atoms with Crippen molar-refractivity contribution in [2.45, 2.75) is 33.1 Å². The maximum Gasteiger partial charge on any atom is 0.125 e. The van der Waals surface area contributed by atoms with Crippen LogP contribution in [0, 0.1) is 13.8 Å². The van der Waals surface area contributed by atoms with Gasteiger partial charge in [0, 0.05) is 28.2 Å². The Balaban J connectivity index is 2.61. The second kappa shape index (κ2) is 5.56. The van der Waals surface area contributed by atoms with Gasteiger partial charge in [0.05, 0.1) is 0 Å². The van der Waals surface area contributed by atoms with Crippen LogP contribution in [0.25, 0.3) is 0 Å². The van der Waals surface area contributed by atoms with Gasteiger partial charge in [-0.05, 0) is 32.4 Å².